The Bertz CT molecular complexity index is 295. The van der Waals surface area contributed by atoms with Crippen LogP contribution < -0.4 is 5.73 Å². The Morgan fingerprint density at radius 2 is 2.12 bits per heavy atom. The normalized spacial score (nSPS) is 12.1. The second-order valence-corrected chi connectivity index (χ2v) is 4.76. The van der Waals surface area contributed by atoms with Crippen LogP contribution in [0.1, 0.15) is 32.9 Å². The summed E-state index contributed by atoms with van der Waals surface area (Å²) in [6.45, 7) is 9.16. The molecule has 0 aliphatic heterocycles. The predicted molar refractivity (Wildman–Crippen MR) is 68.1 cm³/mol. The maximum atomic E-state index is 5.83. The Balaban J connectivity index is 2.72. The third kappa shape index (κ3) is 3.58. The van der Waals surface area contributed by atoms with Crippen molar-refractivity contribution in [3.63, 3.8) is 0 Å². The van der Waals surface area contributed by atoms with Gasteiger partial charge in [0.15, 0.2) is 0 Å². The SMILES string of the molecule is CCCN(Cc1ccccn1)C(C)(C)CN. The lowest BCUT2D eigenvalue weighted by Crippen LogP contribution is -2.49. The summed E-state index contributed by atoms with van der Waals surface area (Å²) in [7, 11) is 0. The summed E-state index contributed by atoms with van der Waals surface area (Å²) in [6, 6.07) is 6.04. The van der Waals surface area contributed by atoms with Crippen molar-refractivity contribution >= 4 is 0 Å². The van der Waals surface area contributed by atoms with Gasteiger partial charge in [-0.1, -0.05) is 13.0 Å². The van der Waals surface area contributed by atoms with E-state index in [9.17, 15) is 0 Å². The molecule has 1 rings (SSSR count). The van der Waals surface area contributed by atoms with Crippen LogP contribution in [0.3, 0.4) is 0 Å². The molecule has 0 aliphatic rings. The third-order valence-corrected chi connectivity index (χ3v) is 2.93. The fourth-order valence-electron chi connectivity index (χ4n) is 1.68. The number of pyridine rings is 1. The smallest absolute Gasteiger partial charge is 0.0544 e. The van der Waals surface area contributed by atoms with Crippen LogP contribution in [-0.4, -0.2) is 28.5 Å². The first-order valence-electron chi connectivity index (χ1n) is 5.95. The number of aromatic nitrogens is 1. The number of rotatable bonds is 6. The minimum Gasteiger partial charge on any atom is -0.329 e. The van der Waals surface area contributed by atoms with Crippen LogP contribution in [0.5, 0.6) is 0 Å². The lowest BCUT2D eigenvalue weighted by Gasteiger charge is -2.37. The van der Waals surface area contributed by atoms with Gasteiger partial charge in [0, 0.05) is 24.8 Å². The second kappa shape index (κ2) is 5.97. The molecule has 1 heterocycles. The summed E-state index contributed by atoms with van der Waals surface area (Å²) in [6.07, 6.45) is 2.98. The molecule has 0 unspecified atom stereocenters. The molecule has 3 nitrogen and oxygen atoms in total. The van der Waals surface area contributed by atoms with Gasteiger partial charge in [0.05, 0.1) is 5.69 Å². The van der Waals surface area contributed by atoms with Gasteiger partial charge in [-0.25, -0.2) is 0 Å². The van der Waals surface area contributed by atoms with Crippen molar-refractivity contribution in [2.24, 2.45) is 5.73 Å². The maximum Gasteiger partial charge on any atom is 0.0544 e. The second-order valence-electron chi connectivity index (χ2n) is 4.76. The van der Waals surface area contributed by atoms with Crippen LogP contribution in [0.25, 0.3) is 0 Å². The van der Waals surface area contributed by atoms with Gasteiger partial charge in [0.25, 0.3) is 0 Å². The topological polar surface area (TPSA) is 42.2 Å². The first kappa shape index (κ1) is 13.1. The zero-order chi connectivity index (χ0) is 12.0. The van der Waals surface area contributed by atoms with Crippen molar-refractivity contribution in [2.45, 2.75) is 39.3 Å². The fourth-order valence-corrected chi connectivity index (χ4v) is 1.68. The van der Waals surface area contributed by atoms with E-state index in [2.05, 4.69) is 36.7 Å². The molecule has 0 saturated carbocycles. The Kier molecular flexibility index (Phi) is 4.90. The first-order valence-corrected chi connectivity index (χ1v) is 5.95. The molecule has 2 N–H and O–H groups in total. The lowest BCUT2D eigenvalue weighted by atomic mass is 10.0. The molecule has 1 aromatic heterocycles. The van der Waals surface area contributed by atoms with E-state index < -0.39 is 0 Å². The highest BCUT2D eigenvalue weighted by Crippen LogP contribution is 2.16. The highest BCUT2D eigenvalue weighted by atomic mass is 15.2. The van der Waals surface area contributed by atoms with Crippen LogP contribution >= 0.6 is 0 Å². The molecular formula is C13H23N3. The average Bonchev–Trinajstić information content (AvgIpc) is 2.30. The highest BCUT2D eigenvalue weighted by molar-refractivity contribution is 5.04. The van der Waals surface area contributed by atoms with E-state index in [1.165, 1.54) is 0 Å². The van der Waals surface area contributed by atoms with Gasteiger partial charge in [0.1, 0.15) is 0 Å². The van der Waals surface area contributed by atoms with Crippen molar-refractivity contribution in [3.05, 3.63) is 30.1 Å². The largest absolute Gasteiger partial charge is 0.329 e. The van der Waals surface area contributed by atoms with Gasteiger partial charge in [-0.15, -0.1) is 0 Å². The standard InChI is InChI=1S/C13H23N3/c1-4-9-16(13(2,3)11-14)10-12-7-5-6-8-15-12/h5-8H,4,9-11,14H2,1-3H3. The van der Waals surface area contributed by atoms with E-state index in [4.69, 9.17) is 5.73 Å². The van der Waals surface area contributed by atoms with E-state index >= 15 is 0 Å². The average molecular weight is 221 g/mol. The zero-order valence-corrected chi connectivity index (χ0v) is 10.6. The number of hydrogen-bond acceptors (Lipinski definition) is 3. The quantitative estimate of drug-likeness (QED) is 0.799. The molecule has 0 aromatic carbocycles. The monoisotopic (exact) mass is 221 g/mol. The molecule has 90 valence electrons. The van der Waals surface area contributed by atoms with Crippen molar-refractivity contribution in [1.82, 2.24) is 9.88 Å². The molecule has 0 spiro atoms. The summed E-state index contributed by atoms with van der Waals surface area (Å²) in [4.78, 5) is 6.76. The maximum absolute atomic E-state index is 5.83. The van der Waals surface area contributed by atoms with Gasteiger partial charge in [0.2, 0.25) is 0 Å². The zero-order valence-electron chi connectivity index (χ0n) is 10.6. The molecule has 0 fully saturated rings. The Hall–Kier alpha value is -0.930. The summed E-state index contributed by atoms with van der Waals surface area (Å²) in [5.74, 6) is 0. The number of nitrogens with two attached hydrogens (primary N) is 1. The molecule has 0 amide bonds. The fraction of sp³-hybridized carbons (Fsp3) is 0.615. The van der Waals surface area contributed by atoms with Crippen molar-refractivity contribution < 1.29 is 0 Å². The van der Waals surface area contributed by atoms with Gasteiger partial charge >= 0.3 is 0 Å². The molecule has 0 bridgehead atoms. The molecule has 0 radical (unpaired) electrons. The van der Waals surface area contributed by atoms with Crippen LogP contribution in [0.2, 0.25) is 0 Å². The lowest BCUT2D eigenvalue weighted by molar-refractivity contribution is 0.116. The van der Waals surface area contributed by atoms with Crippen LogP contribution in [-0.2, 0) is 6.54 Å². The number of nitrogens with zero attached hydrogens (tertiary/aromatic N) is 2. The Morgan fingerprint density at radius 3 is 2.62 bits per heavy atom. The molecular weight excluding hydrogens is 198 g/mol. The molecule has 3 heteroatoms. The number of hydrogen-bond donors (Lipinski definition) is 1. The van der Waals surface area contributed by atoms with Crippen molar-refractivity contribution in [2.75, 3.05) is 13.1 Å². The first-order chi connectivity index (χ1) is 7.60. The summed E-state index contributed by atoms with van der Waals surface area (Å²) in [5, 5.41) is 0. The van der Waals surface area contributed by atoms with Gasteiger partial charge in [-0.05, 0) is 38.9 Å². The van der Waals surface area contributed by atoms with E-state index in [0.29, 0.717) is 6.54 Å². The Morgan fingerprint density at radius 1 is 1.38 bits per heavy atom. The Labute approximate surface area is 98.7 Å². The summed E-state index contributed by atoms with van der Waals surface area (Å²) in [5.41, 5.74) is 6.97. The summed E-state index contributed by atoms with van der Waals surface area (Å²) < 4.78 is 0. The van der Waals surface area contributed by atoms with Crippen molar-refractivity contribution in [3.8, 4) is 0 Å². The van der Waals surface area contributed by atoms with Crippen LogP contribution in [0, 0.1) is 0 Å². The molecule has 0 saturated heterocycles. The third-order valence-electron chi connectivity index (χ3n) is 2.93. The molecule has 0 aliphatic carbocycles. The minimum absolute atomic E-state index is 0.0352. The minimum atomic E-state index is 0.0352. The highest BCUT2D eigenvalue weighted by Gasteiger charge is 2.24. The van der Waals surface area contributed by atoms with Gasteiger partial charge in [-0.3, -0.25) is 9.88 Å². The predicted octanol–water partition coefficient (Wildman–Crippen LogP) is 2.03. The van der Waals surface area contributed by atoms with Crippen LogP contribution in [0.4, 0.5) is 0 Å². The molecule has 0 atom stereocenters. The van der Waals surface area contributed by atoms with E-state index in [1.807, 2.05) is 18.3 Å². The van der Waals surface area contributed by atoms with Gasteiger partial charge in [-0.2, -0.15) is 0 Å². The molecule has 16 heavy (non-hydrogen) atoms. The summed E-state index contributed by atoms with van der Waals surface area (Å²) >= 11 is 0. The van der Waals surface area contributed by atoms with Crippen molar-refractivity contribution in [1.29, 1.82) is 0 Å². The van der Waals surface area contributed by atoms with Crippen LogP contribution in [0.15, 0.2) is 24.4 Å². The van der Waals surface area contributed by atoms with E-state index in [-0.39, 0.29) is 5.54 Å². The van der Waals surface area contributed by atoms with E-state index in [1.54, 1.807) is 0 Å². The molecule has 1 aromatic rings. The van der Waals surface area contributed by atoms with Gasteiger partial charge < -0.3 is 5.73 Å². The van der Waals surface area contributed by atoms with E-state index in [0.717, 1.165) is 25.2 Å².